The number of nitrogens with zero attached hydrogens (tertiary/aromatic N) is 1. The van der Waals surface area contributed by atoms with E-state index in [4.69, 9.17) is 14.3 Å². The minimum absolute atomic E-state index is 0.163. The van der Waals surface area contributed by atoms with Gasteiger partial charge in [0, 0.05) is 11.8 Å². The fraction of sp³-hybridized carbons (Fsp3) is 0.407. The van der Waals surface area contributed by atoms with Crippen LogP contribution in [0.4, 0.5) is 0 Å². The highest BCUT2D eigenvalue weighted by Gasteiger charge is 2.51. The van der Waals surface area contributed by atoms with Gasteiger partial charge in [-0.25, -0.2) is 5.06 Å². The Bertz CT molecular complexity index is 975. The second-order valence-electron chi connectivity index (χ2n) is 8.64. The van der Waals surface area contributed by atoms with Gasteiger partial charge in [-0.3, -0.25) is 14.4 Å². The van der Waals surface area contributed by atoms with Crippen LogP contribution in [0.1, 0.15) is 25.0 Å². The van der Waals surface area contributed by atoms with Gasteiger partial charge in [0.15, 0.2) is 0 Å². The molecule has 1 amide bonds. The summed E-state index contributed by atoms with van der Waals surface area (Å²) in [6.45, 7) is 5.55. The fourth-order valence-corrected chi connectivity index (χ4v) is 4.79. The molecule has 0 spiro atoms. The summed E-state index contributed by atoms with van der Waals surface area (Å²) in [6, 6.07) is 19.6. The normalized spacial score (nSPS) is 24.7. The smallest absolute Gasteiger partial charge is 0.310 e. The van der Waals surface area contributed by atoms with Crippen LogP contribution in [-0.2, 0) is 37.1 Å². The average Bonchev–Trinajstić information content (AvgIpc) is 2.83. The van der Waals surface area contributed by atoms with Gasteiger partial charge in [-0.05, 0) is 25.0 Å². The van der Waals surface area contributed by atoms with Crippen molar-refractivity contribution in [1.82, 2.24) is 5.06 Å². The van der Waals surface area contributed by atoms with Crippen molar-refractivity contribution in [3.63, 3.8) is 0 Å². The average molecular weight is 450 g/mol. The third kappa shape index (κ3) is 5.34. The Balaban J connectivity index is 1.54. The molecule has 6 nitrogen and oxygen atoms in total. The Labute approximate surface area is 195 Å². The predicted octanol–water partition coefficient (Wildman–Crippen LogP) is 4.17. The molecule has 4 atom stereocenters. The van der Waals surface area contributed by atoms with E-state index in [0.29, 0.717) is 26.4 Å². The van der Waals surface area contributed by atoms with Gasteiger partial charge in [0.25, 0.3) is 5.91 Å². The predicted molar refractivity (Wildman–Crippen MR) is 123 cm³/mol. The maximum atomic E-state index is 13.6. The third-order valence-corrected chi connectivity index (χ3v) is 6.43. The molecule has 1 saturated heterocycles. The minimum Gasteiger partial charge on any atom is -0.466 e. The van der Waals surface area contributed by atoms with Crippen LogP contribution in [-0.4, -0.2) is 36.8 Å². The Morgan fingerprint density at radius 1 is 1.06 bits per heavy atom. The van der Waals surface area contributed by atoms with Crippen molar-refractivity contribution in [2.45, 2.75) is 27.0 Å². The summed E-state index contributed by atoms with van der Waals surface area (Å²) >= 11 is 0. The first kappa shape index (κ1) is 23.2. The number of esters is 1. The van der Waals surface area contributed by atoms with Crippen LogP contribution < -0.4 is 0 Å². The molecule has 0 N–H and O–H groups in total. The number of carbonyl (C=O) groups excluding carboxylic acids is 2. The number of hydrogen-bond donors (Lipinski definition) is 0. The van der Waals surface area contributed by atoms with E-state index >= 15 is 0 Å². The van der Waals surface area contributed by atoms with Crippen molar-refractivity contribution in [2.75, 3.05) is 19.8 Å². The van der Waals surface area contributed by atoms with E-state index < -0.39 is 11.8 Å². The van der Waals surface area contributed by atoms with Crippen LogP contribution in [0.15, 0.2) is 72.3 Å². The third-order valence-electron chi connectivity index (χ3n) is 6.43. The van der Waals surface area contributed by atoms with Crippen LogP contribution in [0, 0.1) is 23.7 Å². The monoisotopic (exact) mass is 449 g/mol. The number of fused-ring (bicyclic) bond motifs is 1. The Hall–Kier alpha value is -2.96. The molecule has 0 saturated carbocycles. The summed E-state index contributed by atoms with van der Waals surface area (Å²) < 4.78 is 11.5. The van der Waals surface area contributed by atoms with E-state index in [1.54, 1.807) is 6.92 Å². The van der Waals surface area contributed by atoms with Crippen LogP contribution in [0.2, 0.25) is 0 Å². The van der Waals surface area contributed by atoms with Gasteiger partial charge < -0.3 is 9.47 Å². The molecule has 0 bridgehead atoms. The molecule has 1 fully saturated rings. The summed E-state index contributed by atoms with van der Waals surface area (Å²) in [5.41, 5.74) is 3.08. The minimum atomic E-state index is -0.606. The zero-order valence-corrected chi connectivity index (χ0v) is 19.2. The number of rotatable bonds is 8. The first-order valence-corrected chi connectivity index (χ1v) is 11.5. The van der Waals surface area contributed by atoms with Crippen LogP contribution >= 0.6 is 0 Å². The number of hydrogen-bond acceptors (Lipinski definition) is 5. The first-order valence-electron chi connectivity index (χ1n) is 11.5. The number of amides is 1. The van der Waals surface area contributed by atoms with Gasteiger partial charge in [-0.1, -0.05) is 72.3 Å². The second kappa shape index (κ2) is 10.8. The van der Waals surface area contributed by atoms with E-state index in [9.17, 15) is 9.59 Å². The number of carbonyl (C=O) groups is 2. The van der Waals surface area contributed by atoms with Gasteiger partial charge in [-0.2, -0.15) is 0 Å². The molecule has 1 heterocycles. The Kier molecular flexibility index (Phi) is 7.57. The Morgan fingerprint density at radius 3 is 2.39 bits per heavy atom. The van der Waals surface area contributed by atoms with Crippen molar-refractivity contribution in [1.29, 1.82) is 0 Å². The van der Waals surface area contributed by atoms with Crippen molar-refractivity contribution in [3.8, 4) is 0 Å². The van der Waals surface area contributed by atoms with Gasteiger partial charge in [-0.15, -0.1) is 0 Å². The molecule has 33 heavy (non-hydrogen) atoms. The van der Waals surface area contributed by atoms with Crippen LogP contribution in [0.3, 0.4) is 0 Å². The first-order chi connectivity index (χ1) is 16.1. The molecular formula is C27H31NO5. The molecule has 6 heteroatoms. The highest BCUT2D eigenvalue weighted by Crippen LogP contribution is 2.43. The van der Waals surface area contributed by atoms with Crippen LogP contribution in [0.25, 0.3) is 0 Å². The molecule has 1 aliphatic heterocycles. The summed E-state index contributed by atoms with van der Waals surface area (Å²) in [4.78, 5) is 32.5. The lowest BCUT2D eigenvalue weighted by Crippen LogP contribution is -2.54. The SMILES string of the molecule is CCOC(=O)[C@@H]1[C@H]2C(=O)N(Cc3ccccc3)OC[C@@H]2C=C(C)[C@@H]1COCc1ccccc1. The van der Waals surface area contributed by atoms with Crippen LogP contribution in [0.5, 0.6) is 0 Å². The zero-order chi connectivity index (χ0) is 23.2. The van der Waals surface area contributed by atoms with E-state index in [2.05, 4.69) is 6.08 Å². The summed E-state index contributed by atoms with van der Waals surface area (Å²) in [6.07, 6.45) is 2.08. The van der Waals surface area contributed by atoms with E-state index in [1.165, 1.54) is 5.06 Å². The molecule has 2 aromatic rings. The molecule has 174 valence electrons. The fourth-order valence-electron chi connectivity index (χ4n) is 4.79. The molecular weight excluding hydrogens is 418 g/mol. The highest BCUT2D eigenvalue weighted by atomic mass is 16.7. The van der Waals surface area contributed by atoms with Crippen molar-refractivity contribution in [3.05, 3.63) is 83.4 Å². The van der Waals surface area contributed by atoms with E-state index in [0.717, 1.165) is 16.7 Å². The van der Waals surface area contributed by atoms with Crippen molar-refractivity contribution in [2.24, 2.45) is 23.7 Å². The molecule has 0 unspecified atom stereocenters. The van der Waals surface area contributed by atoms with Gasteiger partial charge in [0.05, 0.1) is 44.8 Å². The van der Waals surface area contributed by atoms with Crippen molar-refractivity contribution >= 4 is 11.9 Å². The summed E-state index contributed by atoms with van der Waals surface area (Å²) in [7, 11) is 0. The summed E-state index contributed by atoms with van der Waals surface area (Å²) in [5, 5.41) is 1.40. The largest absolute Gasteiger partial charge is 0.466 e. The number of ether oxygens (including phenoxy) is 2. The van der Waals surface area contributed by atoms with Gasteiger partial charge >= 0.3 is 5.97 Å². The summed E-state index contributed by atoms with van der Waals surface area (Å²) in [5.74, 6) is -2.05. The molecule has 2 aliphatic rings. The lowest BCUT2D eigenvalue weighted by Gasteiger charge is -2.44. The molecule has 0 radical (unpaired) electrons. The lowest BCUT2D eigenvalue weighted by molar-refractivity contribution is -0.225. The zero-order valence-electron chi connectivity index (χ0n) is 19.2. The van der Waals surface area contributed by atoms with E-state index in [1.807, 2.05) is 67.6 Å². The van der Waals surface area contributed by atoms with Crippen molar-refractivity contribution < 1.29 is 23.9 Å². The lowest BCUT2D eigenvalue weighted by atomic mass is 9.67. The van der Waals surface area contributed by atoms with E-state index in [-0.39, 0.29) is 30.3 Å². The number of hydroxylamine groups is 2. The molecule has 1 aliphatic carbocycles. The molecule has 0 aromatic heterocycles. The quantitative estimate of drug-likeness (QED) is 0.447. The van der Waals surface area contributed by atoms with Gasteiger partial charge in [0.2, 0.25) is 0 Å². The standard InChI is InChI=1S/C27H31NO5/c1-3-32-27(30)25-23(18-31-16-21-12-8-5-9-13-21)19(2)14-22-17-33-28(26(29)24(22)25)15-20-10-6-4-7-11-20/h4-14,22-25H,3,15-18H2,1-2H3/t22-,23-,24-,25-/m0/s1. The maximum absolute atomic E-state index is 13.6. The maximum Gasteiger partial charge on any atom is 0.310 e. The molecule has 4 rings (SSSR count). The molecule has 2 aromatic carbocycles. The second-order valence-corrected chi connectivity index (χ2v) is 8.64. The Morgan fingerprint density at radius 2 is 1.73 bits per heavy atom. The van der Waals surface area contributed by atoms with Gasteiger partial charge in [0.1, 0.15) is 0 Å². The topological polar surface area (TPSA) is 65.1 Å². The highest BCUT2D eigenvalue weighted by molar-refractivity contribution is 5.86. The number of benzene rings is 2.